The van der Waals surface area contributed by atoms with E-state index in [1.54, 1.807) is 12.1 Å². The maximum absolute atomic E-state index is 11.7. The van der Waals surface area contributed by atoms with Gasteiger partial charge in [-0.25, -0.2) is 0 Å². The molecule has 0 unspecified atom stereocenters. The van der Waals surface area contributed by atoms with Crippen LogP contribution in [0.2, 0.25) is 10.0 Å². The van der Waals surface area contributed by atoms with Crippen molar-refractivity contribution in [3.05, 3.63) is 33.8 Å². The van der Waals surface area contributed by atoms with Crippen molar-refractivity contribution in [3.8, 4) is 0 Å². The summed E-state index contributed by atoms with van der Waals surface area (Å²) in [4.78, 5) is 22.6. The topological polar surface area (TPSA) is 43.4 Å². The van der Waals surface area contributed by atoms with Crippen LogP contribution in [0.1, 0.15) is 23.2 Å². The first-order valence-corrected chi connectivity index (χ1v) is 5.35. The normalized spacial score (nSPS) is 9.94. The molecule has 0 bridgehead atoms. The Balaban J connectivity index is 2.73. The van der Waals surface area contributed by atoms with Gasteiger partial charge in [0.2, 0.25) is 0 Å². The number of esters is 1. The molecule has 0 fully saturated rings. The van der Waals surface area contributed by atoms with Gasteiger partial charge in [-0.1, -0.05) is 23.2 Å². The Morgan fingerprint density at radius 2 is 1.94 bits per heavy atom. The lowest BCUT2D eigenvalue weighted by Crippen LogP contribution is -2.06. The molecule has 0 N–H and O–H groups in total. The number of hydrogen-bond donors (Lipinski definition) is 0. The van der Waals surface area contributed by atoms with E-state index >= 15 is 0 Å². The maximum Gasteiger partial charge on any atom is 0.305 e. The lowest BCUT2D eigenvalue weighted by molar-refractivity contribution is -0.140. The number of Topliss-reactive ketones (excluding diaryl/α,β-unsaturated/α-hetero) is 1. The van der Waals surface area contributed by atoms with Crippen LogP contribution in [0.15, 0.2) is 18.2 Å². The summed E-state index contributed by atoms with van der Waals surface area (Å²) < 4.78 is 4.44. The van der Waals surface area contributed by atoms with Gasteiger partial charge in [-0.3, -0.25) is 9.59 Å². The second-order valence-electron chi connectivity index (χ2n) is 3.12. The fourth-order valence-electron chi connectivity index (χ4n) is 1.16. The van der Waals surface area contributed by atoms with Crippen molar-refractivity contribution in [3.63, 3.8) is 0 Å². The Morgan fingerprint density at radius 3 is 2.56 bits per heavy atom. The van der Waals surface area contributed by atoms with E-state index in [4.69, 9.17) is 23.2 Å². The van der Waals surface area contributed by atoms with Gasteiger partial charge >= 0.3 is 5.97 Å². The molecule has 1 aromatic rings. The predicted octanol–water partition coefficient (Wildman–Crippen LogP) is 3.13. The number of methoxy groups -OCH3 is 1. The zero-order chi connectivity index (χ0) is 12.1. The van der Waals surface area contributed by atoms with Crippen LogP contribution in [-0.4, -0.2) is 18.9 Å². The summed E-state index contributed by atoms with van der Waals surface area (Å²) in [7, 11) is 1.28. The monoisotopic (exact) mass is 260 g/mol. The van der Waals surface area contributed by atoms with Crippen molar-refractivity contribution in [2.75, 3.05) is 7.11 Å². The first-order chi connectivity index (χ1) is 7.54. The second kappa shape index (κ2) is 5.87. The zero-order valence-electron chi connectivity index (χ0n) is 8.63. The molecule has 0 aliphatic heterocycles. The summed E-state index contributed by atoms with van der Waals surface area (Å²) in [5.74, 6) is -0.649. The lowest BCUT2D eigenvalue weighted by Gasteiger charge is -2.03. The van der Waals surface area contributed by atoms with E-state index in [1.807, 2.05) is 0 Å². The summed E-state index contributed by atoms with van der Waals surface area (Å²) in [6, 6.07) is 4.64. The minimum absolute atomic E-state index is 0.0399. The number of benzene rings is 1. The fourth-order valence-corrected chi connectivity index (χ4v) is 1.56. The molecule has 1 aromatic carbocycles. The van der Waals surface area contributed by atoms with Crippen LogP contribution < -0.4 is 0 Å². The van der Waals surface area contributed by atoms with E-state index in [0.29, 0.717) is 15.6 Å². The van der Waals surface area contributed by atoms with Crippen molar-refractivity contribution < 1.29 is 14.3 Å². The first-order valence-electron chi connectivity index (χ1n) is 4.59. The zero-order valence-corrected chi connectivity index (χ0v) is 10.1. The highest BCUT2D eigenvalue weighted by atomic mass is 35.5. The van der Waals surface area contributed by atoms with Gasteiger partial charge in [-0.05, 0) is 18.2 Å². The number of carbonyl (C=O) groups excluding carboxylic acids is 2. The molecule has 0 spiro atoms. The molecule has 0 atom stereocenters. The van der Waals surface area contributed by atoms with E-state index in [0.717, 1.165) is 0 Å². The Kier molecular flexibility index (Phi) is 4.77. The Bertz CT molecular complexity index is 416. The van der Waals surface area contributed by atoms with E-state index in [2.05, 4.69) is 4.74 Å². The molecule has 3 nitrogen and oxygen atoms in total. The highest BCUT2D eigenvalue weighted by Gasteiger charge is 2.13. The lowest BCUT2D eigenvalue weighted by atomic mass is 10.1. The Morgan fingerprint density at radius 1 is 1.25 bits per heavy atom. The minimum Gasteiger partial charge on any atom is -0.469 e. The van der Waals surface area contributed by atoms with Gasteiger partial charge in [0.15, 0.2) is 5.78 Å². The van der Waals surface area contributed by atoms with Crippen LogP contribution in [0.5, 0.6) is 0 Å². The standard InChI is InChI=1S/C11H10Cl2O3/c1-16-11(15)5-4-10(14)8-6-7(12)2-3-9(8)13/h2-3,6H,4-5H2,1H3. The minimum atomic E-state index is -0.425. The van der Waals surface area contributed by atoms with Crippen LogP contribution in [-0.2, 0) is 9.53 Å². The van der Waals surface area contributed by atoms with Crippen LogP contribution in [0.3, 0.4) is 0 Å². The molecule has 0 aliphatic carbocycles. The van der Waals surface area contributed by atoms with Gasteiger partial charge in [0.25, 0.3) is 0 Å². The molecule has 1 rings (SSSR count). The maximum atomic E-state index is 11.7. The van der Waals surface area contributed by atoms with Crippen LogP contribution >= 0.6 is 23.2 Å². The summed E-state index contributed by atoms with van der Waals surface area (Å²) in [6.45, 7) is 0. The van der Waals surface area contributed by atoms with Crippen molar-refractivity contribution in [1.29, 1.82) is 0 Å². The summed E-state index contributed by atoms with van der Waals surface area (Å²) in [6.07, 6.45) is 0.102. The summed E-state index contributed by atoms with van der Waals surface area (Å²) >= 11 is 11.6. The van der Waals surface area contributed by atoms with E-state index in [9.17, 15) is 9.59 Å². The largest absolute Gasteiger partial charge is 0.469 e. The van der Waals surface area contributed by atoms with E-state index < -0.39 is 5.97 Å². The molecule has 0 saturated carbocycles. The summed E-state index contributed by atoms with van der Waals surface area (Å²) in [5.41, 5.74) is 0.332. The number of hydrogen-bond acceptors (Lipinski definition) is 3. The number of carbonyl (C=O) groups is 2. The van der Waals surface area contributed by atoms with Gasteiger partial charge in [0.1, 0.15) is 0 Å². The highest BCUT2D eigenvalue weighted by molar-refractivity contribution is 6.35. The van der Waals surface area contributed by atoms with Gasteiger partial charge in [-0.2, -0.15) is 0 Å². The molecular formula is C11H10Cl2O3. The van der Waals surface area contributed by atoms with Crippen molar-refractivity contribution in [1.82, 2.24) is 0 Å². The average Bonchev–Trinajstić information content (AvgIpc) is 2.28. The van der Waals surface area contributed by atoms with Crippen LogP contribution in [0.4, 0.5) is 0 Å². The third-order valence-corrected chi connectivity index (χ3v) is 2.58. The molecular weight excluding hydrogens is 251 g/mol. The van der Waals surface area contributed by atoms with Gasteiger partial charge in [0, 0.05) is 17.0 Å². The number of rotatable bonds is 4. The van der Waals surface area contributed by atoms with E-state index in [-0.39, 0.29) is 18.6 Å². The molecule has 0 aliphatic rings. The molecule has 16 heavy (non-hydrogen) atoms. The number of halogens is 2. The van der Waals surface area contributed by atoms with Crippen molar-refractivity contribution in [2.45, 2.75) is 12.8 Å². The molecule has 0 aromatic heterocycles. The molecule has 0 radical (unpaired) electrons. The van der Waals surface area contributed by atoms with Crippen LogP contribution in [0.25, 0.3) is 0 Å². The summed E-state index contributed by atoms with van der Waals surface area (Å²) in [5, 5.41) is 0.769. The van der Waals surface area contributed by atoms with Crippen molar-refractivity contribution >= 4 is 35.0 Å². The smallest absolute Gasteiger partial charge is 0.305 e. The fraction of sp³-hybridized carbons (Fsp3) is 0.273. The highest BCUT2D eigenvalue weighted by Crippen LogP contribution is 2.22. The third kappa shape index (κ3) is 3.51. The molecule has 5 heteroatoms. The molecule has 86 valence electrons. The van der Waals surface area contributed by atoms with E-state index in [1.165, 1.54) is 13.2 Å². The van der Waals surface area contributed by atoms with Gasteiger partial charge < -0.3 is 4.74 Å². The molecule has 0 heterocycles. The Hall–Kier alpha value is -1.06. The van der Waals surface area contributed by atoms with Gasteiger partial charge in [0.05, 0.1) is 18.6 Å². The number of ether oxygens (including phenoxy) is 1. The quantitative estimate of drug-likeness (QED) is 0.617. The SMILES string of the molecule is COC(=O)CCC(=O)c1cc(Cl)ccc1Cl. The average molecular weight is 261 g/mol. The Labute approximate surface area is 103 Å². The van der Waals surface area contributed by atoms with Crippen LogP contribution in [0, 0.1) is 0 Å². The predicted molar refractivity (Wildman–Crippen MR) is 62.0 cm³/mol. The third-order valence-electron chi connectivity index (χ3n) is 2.01. The second-order valence-corrected chi connectivity index (χ2v) is 3.97. The van der Waals surface area contributed by atoms with Crippen molar-refractivity contribution in [2.24, 2.45) is 0 Å². The van der Waals surface area contributed by atoms with Gasteiger partial charge in [-0.15, -0.1) is 0 Å². The molecule has 0 saturated heterocycles. The first kappa shape index (κ1) is 13.0. The molecule has 0 amide bonds. The number of ketones is 1.